The predicted molar refractivity (Wildman–Crippen MR) is 123 cm³/mol. The molecule has 33 heavy (non-hydrogen) atoms. The van der Waals surface area contributed by atoms with E-state index >= 15 is 4.39 Å². The molecule has 2 aromatic rings. The van der Waals surface area contributed by atoms with Gasteiger partial charge in [0.05, 0.1) is 15.6 Å². The van der Waals surface area contributed by atoms with E-state index in [0.717, 1.165) is 0 Å². The van der Waals surface area contributed by atoms with Crippen molar-refractivity contribution in [1.82, 2.24) is 9.88 Å². The van der Waals surface area contributed by atoms with E-state index in [4.69, 9.17) is 23.2 Å². The number of amides is 1. The van der Waals surface area contributed by atoms with Crippen molar-refractivity contribution in [2.24, 2.45) is 4.99 Å². The molecule has 0 bridgehead atoms. The zero-order chi connectivity index (χ0) is 23.6. The molecule has 0 aliphatic carbocycles. The third-order valence-corrected chi connectivity index (χ3v) is 6.84. The van der Waals surface area contributed by atoms with E-state index in [2.05, 4.69) is 9.98 Å². The molecule has 9 heteroatoms. The minimum atomic E-state index is -2.67. The molecule has 1 atom stereocenters. The first-order valence-electron chi connectivity index (χ1n) is 10.6. The summed E-state index contributed by atoms with van der Waals surface area (Å²) in [5.74, 6) is -0.225. The highest BCUT2D eigenvalue weighted by molar-refractivity contribution is 6.42. The topological polar surface area (TPSA) is 45.6 Å². The Morgan fingerprint density at radius 2 is 1.88 bits per heavy atom. The fourth-order valence-corrected chi connectivity index (χ4v) is 4.71. The molecule has 1 saturated heterocycles. The van der Waals surface area contributed by atoms with Gasteiger partial charge in [-0.2, -0.15) is 0 Å². The molecule has 1 amide bonds. The molecular formula is C24H22Cl2F3N3O. The third-order valence-electron chi connectivity index (χ3n) is 6.10. The number of nitrogens with zero attached hydrogens (tertiary/aromatic N) is 3. The van der Waals surface area contributed by atoms with Gasteiger partial charge in [-0.25, -0.2) is 13.2 Å². The number of hydrogen-bond acceptors (Lipinski definition) is 3. The number of aromatic nitrogens is 1. The quantitative estimate of drug-likeness (QED) is 0.473. The van der Waals surface area contributed by atoms with Gasteiger partial charge in [0.25, 0.3) is 12.3 Å². The molecule has 0 saturated carbocycles. The summed E-state index contributed by atoms with van der Waals surface area (Å²) in [6, 6.07) is 9.12. The fourth-order valence-electron chi connectivity index (χ4n) is 4.41. The SMILES string of the molecule is O=C(c1ccc(Cl)c(Cl)c1)N1CCC(F)(CC2(Cc3cccc(C(F)F)n3)C=CC=N2)CC1. The molecule has 1 unspecified atom stereocenters. The number of piperidine rings is 1. The van der Waals surface area contributed by atoms with Gasteiger partial charge in [0.15, 0.2) is 0 Å². The Hall–Kier alpha value is -2.38. The summed E-state index contributed by atoms with van der Waals surface area (Å²) in [5.41, 5.74) is -1.91. The molecule has 2 aliphatic heterocycles. The predicted octanol–water partition coefficient (Wildman–Crippen LogP) is 6.28. The Balaban J connectivity index is 1.44. The van der Waals surface area contributed by atoms with Gasteiger partial charge in [0.2, 0.25) is 0 Å². The number of alkyl halides is 3. The van der Waals surface area contributed by atoms with Crippen molar-refractivity contribution in [2.45, 2.75) is 43.3 Å². The van der Waals surface area contributed by atoms with E-state index in [1.165, 1.54) is 18.2 Å². The lowest BCUT2D eigenvalue weighted by molar-refractivity contribution is 0.0321. The highest BCUT2D eigenvalue weighted by Crippen LogP contribution is 2.40. The average molecular weight is 496 g/mol. The monoisotopic (exact) mass is 495 g/mol. The maximum Gasteiger partial charge on any atom is 0.280 e. The van der Waals surface area contributed by atoms with Gasteiger partial charge in [-0.05, 0) is 49.2 Å². The van der Waals surface area contributed by atoms with Gasteiger partial charge in [-0.3, -0.25) is 14.8 Å². The van der Waals surface area contributed by atoms with Crippen LogP contribution in [-0.4, -0.2) is 46.3 Å². The van der Waals surface area contributed by atoms with Crippen LogP contribution < -0.4 is 0 Å². The van der Waals surface area contributed by atoms with Crippen molar-refractivity contribution in [3.05, 3.63) is 75.5 Å². The summed E-state index contributed by atoms with van der Waals surface area (Å²) in [6.07, 6.45) is 3.07. The third kappa shape index (κ3) is 5.41. The van der Waals surface area contributed by atoms with Gasteiger partial charge in [0, 0.05) is 43.4 Å². The van der Waals surface area contributed by atoms with E-state index < -0.39 is 17.6 Å². The Bertz CT molecular complexity index is 1090. The minimum absolute atomic E-state index is 0.0857. The van der Waals surface area contributed by atoms with Gasteiger partial charge in [-0.15, -0.1) is 0 Å². The van der Waals surface area contributed by atoms with Gasteiger partial charge in [0.1, 0.15) is 11.4 Å². The maximum atomic E-state index is 15.9. The smallest absolute Gasteiger partial charge is 0.280 e. The average Bonchev–Trinajstić information content (AvgIpc) is 3.23. The van der Waals surface area contributed by atoms with Crippen molar-refractivity contribution in [3.63, 3.8) is 0 Å². The van der Waals surface area contributed by atoms with E-state index in [1.807, 2.05) is 0 Å². The number of likely N-dealkylation sites (tertiary alicyclic amines) is 1. The second-order valence-electron chi connectivity index (χ2n) is 8.52. The molecule has 3 heterocycles. The summed E-state index contributed by atoms with van der Waals surface area (Å²) in [7, 11) is 0. The van der Waals surface area contributed by atoms with E-state index in [9.17, 15) is 13.6 Å². The van der Waals surface area contributed by atoms with E-state index in [-0.39, 0.29) is 55.4 Å². The minimum Gasteiger partial charge on any atom is -0.338 e. The number of allylic oxidation sites excluding steroid dienone is 1. The molecule has 0 N–H and O–H groups in total. The number of pyridine rings is 1. The highest BCUT2D eigenvalue weighted by atomic mass is 35.5. The lowest BCUT2D eigenvalue weighted by Gasteiger charge is -2.40. The largest absolute Gasteiger partial charge is 0.338 e. The Kier molecular flexibility index (Phi) is 6.82. The zero-order valence-electron chi connectivity index (χ0n) is 17.7. The Labute approximate surface area is 200 Å². The standard InChI is InChI=1S/C24H22Cl2F3N3O/c25-18-6-5-16(13-19(18)26)22(33)32-11-8-23(29,9-12-32)15-24(7-2-10-30-24)14-17-3-1-4-20(31-17)21(27)28/h1-7,10,13,21H,8-9,11-12,14-15H2. The van der Waals surface area contributed by atoms with Crippen LogP contribution in [0.15, 0.2) is 53.5 Å². The van der Waals surface area contributed by atoms with Crippen molar-refractivity contribution >= 4 is 35.3 Å². The summed E-state index contributed by atoms with van der Waals surface area (Å²) >= 11 is 11.9. The second kappa shape index (κ2) is 9.47. The number of rotatable bonds is 6. The normalized spacial score (nSPS) is 21.7. The van der Waals surface area contributed by atoms with Crippen LogP contribution in [0.5, 0.6) is 0 Å². The fraction of sp³-hybridized carbons (Fsp3) is 0.375. The Morgan fingerprint density at radius 3 is 2.52 bits per heavy atom. The maximum absolute atomic E-state index is 15.9. The first kappa shape index (κ1) is 23.8. The number of aliphatic imine (C=N–C) groups is 1. The van der Waals surface area contributed by atoms with Crippen LogP contribution in [0.4, 0.5) is 13.2 Å². The zero-order valence-corrected chi connectivity index (χ0v) is 19.2. The van der Waals surface area contributed by atoms with Crippen LogP contribution in [0.3, 0.4) is 0 Å². The van der Waals surface area contributed by atoms with Gasteiger partial charge in [-0.1, -0.05) is 35.3 Å². The van der Waals surface area contributed by atoms with E-state index in [1.54, 1.807) is 41.5 Å². The first-order valence-corrected chi connectivity index (χ1v) is 11.3. The summed E-state index contributed by atoms with van der Waals surface area (Å²) in [4.78, 5) is 22.9. The number of benzene rings is 1. The van der Waals surface area contributed by atoms with Gasteiger partial charge >= 0.3 is 0 Å². The molecule has 0 spiro atoms. The molecule has 4 rings (SSSR count). The summed E-state index contributed by atoms with van der Waals surface area (Å²) in [5, 5.41) is 0.649. The molecule has 4 nitrogen and oxygen atoms in total. The molecular weight excluding hydrogens is 474 g/mol. The number of halogens is 5. The van der Waals surface area contributed by atoms with Crippen LogP contribution in [0, 0.1) is 0 Å². The lowest BCUT2D eigenvalue weighted by atomic mass is 9.78. The molecule has 1 fully saturated rings. The number of carbonyl (C=O) groups excluding carboxylic acids is 1. The number of hydrogen-bond donors (Lipinski definition) is 0. The molecule has 174 valence electrons. The first-order chi connectivity index (χ1) is 15.7. The molecule has 1 aromatic heterocycles. The Morgan fingerprint density at radius 1 is 1.12 bits per heavy atom. The summed E-state index contributed by atoms with van der Waals surface area (Å²) < 4.78 is 42.0. The van der Waals surface area contributed by atoms with Crippen molar-refractivity contribution in [2.75, 3.05) is 13.1 Å². The lowest BCUT2D eigenvalue weighted by Crippen LogP contribution is -2.48. The second-order valence-corrected chi connectivity index (χ2v) is 9.34. The van der Waals surface area contributed by atoms with Gasteiger partial charge < -0.3 is 4.90 Å². The van der Waals surface area contributed by atoms with Crippen LogP contribution in [0.2, 0.25) is 10.0 Å². The van der Waals surface area contributed by atoms with Crippen LogP contribution in [-0.2, 0) is 6.42 Å². The van der Waals surface area contributed by atoms with Crippen LogP contribution in [0.25, 0.3) is 0 Å². The van der Waals surface area contributed by atoms with Crippen molar-refractivity contribution < 1.29 is 18.0 Å². The molecule has 1 aromatic carbocycles. The van der Waals surface area contributed by atoms with E-state index in [0.29, 0.717) is 16.3 Å². The molecule has 2 aliphatic rings. The summed E-state index contributed by atoms with van der Waals surface area (Å²) in [6.45, 7) is 0.496. The van der Waals surface area contributed by atoms with Crippen LogP contribution >= 0.6 is 23.2 Å². The van der Waals surface area contributed by atoms with Crippen LogP contribution in [0.1, 0.15) is 47.4 Å². The highest BCUT2D eigenvalue weighted by Gasteiger charge is 2.44. The van der Waals surface area contributed by atoms with Crippen molar-refractivity contribution in [3.8, 4) is 0 Å². The molecule has 0 radical (unpaired) electrons. The number of carbonyl (C=O) groups is 1. The van der Waals surface area contributed by atoms with Crippen molar-refractivity contribution in [1.29, 1.82) is 0 Å².